The number of fused-ring (bicyclic) bond motifs is 4. The minimum atomic E-state index is -0.302. The highest BCUT2D eigenvalue weighted by molar-refractivity contribution is 6.20. The fourth-order valence-electron chi connectivity index (χ4n) is 4.47. The average molecular weight is 437 g/mol. The zero-order chi connectivity index (χ0) is 21.9. The van der Waals surface area contributed by atoms with Gasteiger partial charge < -0.3 is 20.0 Å². The Morgan fingerprint density at radius 3 is 2.84 bits per heavy atom. The van der Waals surface area contributed by atoms with E-state index < -0.39 is 0 Å². The van der Waals surface area contributed by atoms with Crippen LogP contribution in [0.15, 0.2) is 35.5 Å². The van der Waals surface area contributed by atoms with Crippen LogP contribution in [0.25, 0.3) is 21.8 Å². The molecule has 3 N–H and O–H groups in total. The van der Waals surface area contributed by atoms with Crippen LogP contribution in [0.5, 0.6) is 5.75 Å². The molecular formula is C22H17ClN4O4. The first-order valence-corrected chi connectivity index (χ1v) is 10.2. The number of anilines is 1. The summed E-state index contributed by atoms with van der Waals surface area (Å²) >= 11 is 6.24. The molecule has 1 aliphatic rings. The summed E-state index contributed by atoms with van der Waals surface area (Å²) in [5.41, 5.74) is 4.15. The first-order valence-electron chi connectivity index (χ1n) is 9.64. The molecule has 0 unspecified atom stereocenters. The molecule has 0 aliphatic carbocycles. The van der Waals surface area contributed by atoms with Crippen LogP contribution >= 0.6 is 11.6 Å². The number of phenolic OH excluding ortho intramolecular Hbond substituents is 1. The Morgan fingerprint density at radius 1 is 1.32 bits per heavy atom. The van der Waals surface area contributed by atoms with E-state index in [0.717, 1.165) is 11.8 Å². The van der Waals surface area contributed by atoms with E-state index in [-0.39, 0.29) is 29.1 Å². The lowest BCUT2D eigenvalue weighted by atomic mass is 9.96. The van der Waals surface area contributed by atoms with Gasteiger partial charge in [0, 0.05) is 52.0 Å². The summed E-state index contributed by atoms with van der Waals surface area (Å²) in [5, 5.41) is 14.8. The highest BCUT2D eigenvalue weighted by Crippen LogP contribution is 2.47. The number of amides is 1. The zero-order valence-electron chi connectivity index (χ0n) is 16.4. The number of carbonyl (C=O) groups excluding carboxylic acids is 2. The van der Waals surface area contributed by atoms with E-state index in [1.165, 1.54) is 6.07 Å². The highest BCUT2D eigenvalue weighted by Gasteiger charge is 2.36. The number of benzene rings is 2. The molecule has 156 valence electrons. The fourth-order valence-corrected chi connectivity index (χ4v) is 4.72. The Kier molecular flexibility index (Phi) is 4.33. The molecule has 2 aromatic carbocycles. The Bertz CT molecular complexity index is 1400. The molecule has 4 aromatic rings. The van der Waals surface area contributed by atoms with Gasteiger partial charge in [-0.2, -0.15) is 0 Å². The smallest absolute Gasteiger partial charge is 0.274 e. The molecule has 0 saturated heterocycles. The Labute approximate surface area is 180 Å². The van der Waals surface area contributed by atoms with Crippen molar-refractivity contribution in [1.82, 2.24) is 9.97 Å². The first-order chi connectivity index (χ1) is 15.0. The van der Waals surface area contributed by atoms with E-state index in [0.29, 0.717) is 51.0 Å². The minimum Gasteiger partial charge on any atom is -0.506 e. The maximum Gasteiger partial charge on any atom is 0.274 e. The maximum absolute atomic E-state index is 13.4. The van der Waals surface area contributed by atoms with E-state index in [1.807, 2.05) is 0 Å². The van der Waals surface area contributed by atoms with Crippen molar-refractivity contribution in [2.24, 2.45) is 5.18 Å². The number of hydrogen-bond donors (Lipinski definition) is 3. The average Bonchev–Trinajstić information content (AvgIpc) is 3.45. The van der Waals surface area contributed by atoms with Crippen LogP contribution in [0.4, 0.5) is 11.4 Å². The SMILES string of the molecule is Cc1[nH]c2c(O)cc3c(c2c1C=O)[C@H](CCl)CN3C(=O)c1cc2cc(N=O)ccc2[nH]1. The topological polar surface area (TPSA) is 119 Å². The number of nitrogens with zero attached hydrogens (tertiary/aromatic N) is 2. The molecule has 5 rings (SSSR count). The van der Waals surface area contributed by atoms with Crippen molar-refractivity contribution < 1.29 is 14.7 Å². The van der Waals surface area contributed by atoms with Gasteiger partial charge in [-0.15, -0.1) is 16.5 Å². The molecule has 0 bridgehead atoms. The number of carbonyl (C=O) groups is 2. The molecule has 0 spiro atoms. The van der Waals surface area contributed by atoms with Gasteiger partial charge >= 0.3 is 0 Å². The molecule has 2 aromatic heterocycles. The van der Waals surface area contributed by atoms with Crippen LogP contribution in [-0.4, -0.2) is 39.7 Å². The van der Waals surface area contributed by atoms with Crippen LogP contribution < -0.4 is 4.90 Å². The van der Waals surface area contributed by atoms with Gasteiger partial charge in [0.25, 0.3) is 5.91 Å². The number of aldehydes is 1. The number of rotatable bonds is 4. The van der Waals surface area contributed by atoms with E-state index >= 15 is 0 Å². The first kappa shape index (κ1) is 19.3. The molecule has 1 atom stereocenters. The molecule has 1 aliphatic heterocycles. The van der Waals surface area contributed by atoms with Gasteiger partial charge in [-0.05, 0) is 41.9 Å². The number of alkyl halides is 1. The summed E-state index contributed by atoms with van der Waals surface area (Å²) in [4.78, 5) is 43.6. The lowest BCUT2D eigenvalue weighted by molar-refractivity contribution is 0.0984. The van der Waals surface area contributed by atoms with Crippen molar-refractivity contribution in [3.63, 3.8) is 0 Å². The fraction of sp³-hybridized carbons (Fsp3) is 0.182. The summed E-state index contributed by atoms with van der Waals surface area (Å²) < 4.78 is 0. The molecule has 31 heavy (non-hydrogen) atoms. The molecule has 0 saturated carbocycles. The lowest BCUT2D eigenvalue weighted by Crippen LogP contribution is -2.30. The number of aromatic nitrogens is 2. The quantitative estimate of drug-likeness (QED) is 0.240. The molecule has 1 amide bonds. The van der Waals surface area contributed by atoms with Gasteiger partial charge in [-0.25, -0.2) is 0 Å². The number of nitroso groups, excluding NO2 is 1. The van der Waals surface area contributed by atoms with E-state index in [1.54, 1.807) is 36.1 Å². The van der Waals surface area contributed by atoms with Gasteiger partial charge in [0.1, 0.15) is 17.1 Å². The predicted octanol–water partition coefficient (Wildman–Crippen LogP) is 4.86. The van der Waals surface area contributed by atoms with E-state index in [4.69, 9.17) is 11.6 Å². The number of hydrogen-bond acceptors (Lipinski definition) is 5. The van der Waals surface area contributed by atoms with Crippen LogP contribution in [0, 0.1) is 11.8 Å². The summed E-state index contributed by atoms with van der Waals surface area (Å²) in [6, 6.07) is 8.05. The number of nitrogens with one attached hydrogen (secondary N) is 2. The third-order valence-corrected chi connectivity index (χ3v) is 6.27. The normalized spacial score (nSPS) is 15.5. The Balaban J connectivity index is 1.67. The monoisotopic (exact) mass is 436 g/mol. The number of aromatic hydroxyl groups is 1. The number of halogens is 1. The van der Waals surface area contributed by atoms with Crippen LogP contribution in [-0.2, 0) is 0 Å². The van der Waals surface area contributed by atoms with Crippen molar-refractivity contribution in [2.75, 3.05) is 17.3 Å². The second-order valence-electron chi connectivity index (χ2n) is 7.67. The van der Waals surface area contributed by atoms with Crippen LogP contribution in [0.2, 0.25) is 0 Å². The molecule has 8 nitrogen and oxygen atoms in total. The standard InChI is InChI=1S/C22H17ClN4O4/c1-10-14(9-28)20-19-12(7-23)8-27(17(19)6-18(29)21(20)24-10)22(30)16-5-11-4-13(26-31)2-3-15(11)25-16/h2-6,9,12,24-25,29H,7-8H2,1H3/t12-/m1/s1. The molecular weight excluding hydrogens is 420 g/mol. The Morgan fingerprint density at radius 2 is 2.13 bits per heavy atom. The Hall–Kier alpha value is -3.65. The van der Waals surface area contributed by atoms with Crippen molar-refractivity contribution in [3.8, 4) is 5.75 Å². The zero-order valence-corrected chi connectivity index (χ0v) is 17.2. The summed E-state index contributed by atoms with van der Waals surface area (Å²) in [5.74, 6) is -0.297. The second kappa shape index (κ2) is 6.95. The molecule has 0 fully saturated rings. The highest BCUT2D eigenvalue weighted by atomic mass is 35.5. The molecule has 0 radical (unpaired) electrons. The van der Waals surface area contributed by atoms with Gasteiger partial charge in [0.15, 0.2) is 6.29 Å². The maximum atomic E-state index is 13.4. The van der Waals surface area contributed by atoms with E-state index in [2.05, 4.69) is 15.1 Å². The van der Waals surface area contributed by atoms with Gasteiger partial charge in [-0.1, -0.05) is 0 Å². The third kappa shape index (κ3) is 2.75. The minimum absolute atomic E-state index is 0.0451. The number of H-pyrrole nitrogens is 2. The molecule has 3 heterocycles. The number of aryl methyl sites for hydroxylation is 1. The van der Waals surface area contributed by atoms with Crippen LogP contribution in [0.1, 0.15) is 38.0 Å². The van der Waals surface area contributed by atoms with E-state index in [9.17, 15) is 19.6 Å². The van der Waals surface area contributed by atoms with Gasteiger partial charge in [0.2, 0.25) is 0 Å². The third-order valence-electron chi connectivity index (χ3n) is 5.90. The summed E-state index contributed by atoms with van der Waals surface area (Å²) in [6.07, 6.45) is 0.750. The van der Waals surface area contributed by atoms with Crippen molar-refractivity contribution in [2.45, 2.75) is 12.8 Å². The molecule has 9 heteroatoms. The predicted molar refractivity (Wildman–Crippen MR) is 119 cm³/mol. The second-order valence-corrected chi connectivity index (χ2v) is 7.98. The van der Waals surface area contributed by atoms with Crippen molar-refractivity contribution in [3.05, 3.63) is 57.8 Å². The van der Waals surface area contributed by atoms with Crippen molar-refractivity contribution >= 4 is 57.0 Å². The lowest BCUT2D eigenvalue weighted by Gasteiger charge is -2.17. The number of aromatic amines is 2. The number of phenols is 1. The largest absolute Gasteiger partial charge is 0.506 e. The summed E-state index contributed by atoms with van der Waals surface area (Å²) in [7, 11) is 0. The van der Waals surface area contributed by atoms with Crippen molar-refractivity contribution in [1.29, 1.82) is 0 Å². The summed E-state index contributed by atoms with van der Waals surface area (Å²) in [6.45, 7) is 2.07. The van der Waals surface area contributed by atoms with Gasteiger partial charge in [0.05, 0.1) is 11.2 Å². The van der Waals surface area contributed by atoms with Crippen LogP contribution in [0.3, 0.4) is 0 Å². The van der Waals surface area contributed by atoms with Gasteiger partial charge in [-0.3, -0.25) is 9.59 Å².